The van der Waals surface area contributed by atoms with Gasteiger partial charge >= 0.3 is 0 Å². The van der Waals surface area contributed by atoms with Crippen LogP contribution in [0.1, 0.15) is 11.4 Å². The highest BCUT2D eigenvalue weighted by atomic mass is 16.5. The Kier molecular flexibility index (Phi) is 3.85. The number of nitrogens with zero attached hydrogens (tertiary/aromatic N) is 2. The SMILES string of the molecule is NCCc1ccc(-c2nc(CCO)no2)cc1. The molecule has 90 valence electrons. The van der Waals surface area contributed by atoms with Crippen molar-refractivity contribution in [3.8, 4) is 11.5 Å². The van der Waals surface area contributed by atoms with Crippen molar-refractivity contribution in [3.63, 3.8) is 0 Å². The minimum absolute atomic E-state index is 0.0222. The summed E-state index contributed by atoms with van der Waals surface area (Å²) < 4.78 is 5.11. The van der Waals surface area contributed by atoms with Gasteiger partial charge in [-0.15, -0.1) is 0 Å². The first-order valence-corrected chi connectivity index (χ1v) is 5.56. The van der Waals surface area contributed by atoms with Gasteiger partial charge in [0.2, 0.25) is 0 Å². The molecule has 0 amide bonds. The largest absolute Gasteiger partial charge is 0.396 e. The van der Waals surface area contributed by atoms with Crippen LogP contribution in [0.4, 0.5) is 0 Å². The van der Waals surface area contributed by atoms with Gasteiger partial charge in [0.15, 0.2) is 5.82 Å². The third-order valence-corrected chi connectivity index (χ3v) is 2.44. The summed E-state index contributed by atoms with van der Waals surface area (Å²) in [7, 11) is 0. The summed E-state index contributed by atoms with van der Waals surface area (Å²) in [5.41, 5.74) is 7.55. The van der Waals surface area contributed by atoms with Crippen molar-refractivity contribution in [2.24, 2.45) is 5.73 Å². The molecule has 5 nitrogen and oxygen atoms in total. The zero-order chi connectivity index (χ0) is 12.1. The predicted molar refractivity (Wildman–Crippen MR) is 63.3 cm³/mol. The van der Waals surface area contributed by atoms with Crippen LogP contribution in [0.3, 0.4) is 0 Å². The molecule has 0 radical (unpaired) electrons. The second-order valence-corrected chi connectivity index (χ2v) is 3.72. The lowest BCUT2D eigenvalue weighted by Gasteiger charge is -1.98. The number of aromatic nitrogens is 2. The maximum Gasteiger partial charge on any atom is 0.257 e. The van der Waals surface area contributed by atoms with E-state index in [0.717, 1.165) is 12.0 Å². The van der Waals surface area contributed by atoms with Crippen LogP contribution in [-0.2, 0) is 12.8 Å². The number of rotatable bonds is 5. The van der Waals surface area contributed by atoms with Gasteiger partial charge in [-0.1, -0.05) is 17.3 Å². The summed E-state index contributed by atoms with van der Waals surface area (Å²) >= 11 is 0. The average Bonchev–Trinajstić information content (AvgIpc) is 2.80. The van der Waals surface area contributed by atoms with E-state index in [0.29, 0.717) is 24.7 Å². The molecule has 1 heterocycles. The van der Waals surface area contributed by atoms with Crippen molar-refractivity contribution in [3.05, 3.63) is 35.7 Å². The molecule has 5 heteroatoms. The molecule has 0 aliphatic rings. The maximum absolute atomic E-state index is 8.76. The predicted octanol–water partition coefficient (Wildman–Crippen LogP) is 0.773. The highest BCUT2D eigenvalue weighted by molar-refractivity contribution is 5.53. The zero-order valence-electron chi connectivity index (χ0n) is 9.47. The van der Waals surface area contributed by atoms with E-state index in [-0.39, 0.29) is 6.61 Å². The fourth-order valence-corrected chi connectivity index (χ4v) is 1.55. The van der Waals surface area contributed by atoms with E-state index >= 15 is 0 Å². The molecule has 0 saturated carbocycles. The third-order valence-electron chi connectivity index (χ3n) is 2.44. The van der Waals surface area contributed by atoms with Gasteiger partial charge in [-0.25, -0.2) is 0 Å². The number of nitrogens with two attached hydrogens (primary N) is 1. The molecule has 0 saturated heterocycles. The molecular weight excluding hydrogens is 218 g/mol. The minimum atomic E-state index is 0.0222. The summed E-state index contributed by atoms with van der Waals surface area (Å²) in [4.78, 5) is 4.18. The Morgan fingerprint density at radius 1 is 1.18 bits per heavy atom. The average molecular weight is 233 g/mol. The quantitative estimate of drug-likeness (QED) is 0.796. The van der Waals surface area contributed by atoms with E-state index in [9.17, 15) is 0 Å². The molecule has 0 bridgehead atoms. The van der Waals surface area contributed by atoms with Gasteiger partial charge in [-0.05, 0) is 30.7 Å². The Hall–Kier alpha value is -1.72. The second kappa shape index (κ2) is 5.56. The Bertz CT molecular complexity index is 465. The topological polar surface area (TPSA) is 85.2 Å². The lowest BCUT2D eigenvalue weighted by molar-refractivity contribution is 0.293. The van der Waals surface area contributed by atoms with Crippen molar-refractivity contribution in [1.82, 2.24) is 10.1 Å². The fraction of sp³-hybridized carbons (Fsp3) is 0.333. The first kappa shape index (κ1) is 11.8. The van der Waals surface area contributed by atoms with E-state index in [1.54, 1.807) is 0 Å². The Labute approximate surface area is 99.3 Å². The number of hydrogen-bond acceptors (Lipinski definition) is 5. The van der Waals surface area contributed by atoms with Gasteiger partial charge < -0.3 is 15.4 Å². The molecule has 1 aromatic heterocycles. The third kappa shape index (κ3) is 2.89. The highest BCUT2D eigenvalue weighted by Gasteiger charge is 2.07. The fourth-order valence-electron chi connectivity index (χ4n) is 1.55. The summed E-state index contributed by atoms with van der Waals surface area (Å²) in [5.74, 6) is 1.00. The van der Waals surface area contributed by atoms with Gasteiger partial charge in [-0.2, -0.15) is 4.98 Å². The van der Waals surface area contributed by atoms with Gasteiger partial charge in [-0.3, -0.25) is 0 Å². The van der Waals surface area contributed by atoms with Gasteiger partial charge in [0, 0.05) is 12.0 Å². The first-order chi connectivity index (χ1) is 8.33. The number of benzene rings is 1. The Balaban J connectivity index is 2.15. The molecule has 0 atom stereocenters. The van der Waals surface area contributed by atoms with Crippen LogP contribution in [-0.4, -0.2) is 28.4 Å². The molecule has 0 fully saturated rings. The van der Waals surface area contributed by atoms with Crippen LogP contribution in [0.2, 0.25) is 0 Å². The molecule has 0 aliphatic carbocycles. The zero-order valence-corrected chi connectivity index (χ0v) is 9.47. The summed E-state index contributed by atoms with van der Waals surface area (Å²) in [6.45, 7) is 0.662. The summed E-state index contributed by atoms with van der Waals surface area (Å²) in [6.07, 6.45) is 1.27. The van der Waals surface area contributed by atoms with Crippen LogP contribution < -0.4 is 5.73 Å². The van der Waals surface area contributed by atoms with Gasteiger partial charge in [0.25, 0.3) is 5.89 Å². The maximum atomic E-state index is 8.76. The van der Waals surface area contributed by atoms with Gasteiger partial charge in [0.05, 0.1) is 6.61 Å². The van der Waals surface area contributed by atoms with Crippen LogP contribution >= 0.6 is 0 Å². The van der Waals surface area contributed by atoms with Crippen molar-refractivity contribution in [1.29, 1.82) is 0 Å². The van der Waals surface area contributed by atoms with Crippen LogP contribution in [0.25, 0.3) is 11.5 Å². The molecule has 1 aromatic carbocycles. The highest BCUT2D eigenvalue weighted by Crippen LogP contribution is 2.17. The lowest BCUT2D eigenvalue weighted by Crippen LogP contribution is -2.02. The van der Waals surface area contributed by atoms with E-state index in [1.165, 1.54) is 5.56 Å². The van der Waals surface area contributed by atoms with Crippen molar-refractivity contribution < 1.29 is 9.63 Å². The smallest absolute Gasteiger partial charge is 0.257 e. The van der Waals surface area contributed by atoms with E-state index in [1.807, 2.05) is 24.3 Å². The number of aliphatic hydroxyl groups is 1. The summed E-state index contributed by atoms with van der Waals surface area (Å²) in [5, 5.41) is 12.5. The number of hydrogen-bond donors (Lipinski definition) is 2. The lowest BCUT2D eigenvalue weighted by atomic mass is 10.1. The molecule has 2 aromatic rings. The molecule has 3 N–H and O–H groups in total. The molecule has 2 rings (SSSR count). The normalized spacial score (nSPS) is 10.7. The monoisotopic (exact) mass is 233 g/mol. The molecular formula is C12H15N3O2. The van der Waals surface area contributed by atoms with Crippen molar-refractivity contribution >= 4 is 0 Å². The second-order valence-electron chi connectivity index (χ2n) is 3.72. The van der Waals surface area contributed by atoms with Crippen LogP contribution in [0, 0.1) is 0 Å². The standard InChI is InChI=1S/C12H15N3O2/c13-7-5-9-1-3-10(4-2-9)12-14-11(6-8-16)15-17-12/h1-4,16H,5-8,13H2. The summed E-state index contributed by atoms with van der Waals surface area (Å²) in [6, 6.07) is 7.86. The van der Waals surface area contributed by atoms with E-state index < -0.39 is 0 Å². The van der Waals surface area contributed by atoms with Crippen molar-refractivity contribution in [2.45, 2.75) is 12.8 Å². The minimum Gasteiger partial charge on any atom is -0.396 e. The van der Waals surface area contributed by atoms with Crippen LogP contribution in [0.15, 0.2) is 28.8 Å². The first-order valence-electron chi connectivity index (χ1n) is 5.56. The molecule has 17 heavy (non-hydrogen) atoms. The Morgan fingerprint density at radius 2 is 1.94 bits per heavy atom. The van der Waals surface area contributed by atoms with Crippen molar-refractivity contribution in [2.75, 3.05) is 13.2 Å². The van der Waals surface area contributed by atoms with Crippen LogP contribution in [0.5, 0.6) is 0 Å². The Morgan fingerprint density at radius 3 is 2.59 bits per heavy atom. The van der Waals surface area contributed by atoms with E-state index in [4.69, 9.17) is 15.4 Å². The molecule has 0 unspecified atom stereocenters. The van der Waals surface area contributed by atoms with E-state index in [2.05, 4.69) is 10.1 Å². The molecule has 0 spiro atoms. The molecule has 0 aliphatic heterocycles. The van der Waals surface area contributed by atoms with Gasteiger partial charge in [0.1, 0.15) is 0 Å². The number of aliphatic hydroxyl groups excluding tert-OH is 1.